The van der Waals surface area contributed by atoms with Gasteiger partial charge in [-0.2, -0.15) is 0 Å². The summed E-state index contributed by atoms with van der Waals surface area (Å²) in [6, 6.07) is 0. The van der Waals surface area contributed by atoms with Crippen molar-refractivity contribution in [3.8, 4) is 0 Å². The molecule has 0 aromatic rings. The average Bonchev–Trinajstić information content (AvgIpc) is 2.69. The molecule has 4 aliphatic rings. The van der Waals surface area contributed by atoms with Crippen molar-refractivity contribution >= 4 is 17.7 Å². The molecule has 4 fully saturated rings. The van der Waals surface area contributed by atoms with E-state index in [2.05, 4.69) is 9.65 Å². The predicted molar refractivity (Wildman–Crippen MR) is 103 cm³/mol. The van der Waals surface area contributed by atoms with Gasteiger partial charge in [0.2, 0.25) is 0 Å². The molecule has 0 spiro atoms. The number of hydrogen-bond donors (Lipinski definition) is 0. The molecular formula is C22H28F4IO6-. The quantitative estimate of drug-likeness (QED) is 0.0998. The van der Waals surface area contributed by atoms with Crippen LogP contribution in [0.3, 0.4) is 0 Å². The van der Waals surface area contributed by atoms with Gasteiger partial charge in [0.1, 0.15) is 0 Å². The van der Waals surface area contributed by atoms with Gasteiger partial charge in [-0.1, -0.05) is 0 Å². The van der Waals surface area contributed by atoms with Gasteiger partial charge in [0.25, 0.3) is 0 Å². The van der Waals surface area contributed by atoms with Crippen LogP contribution in [0.2, 0.25) is 0 Å². The number of Topliss-reactive ketones (excluding diaryl/α,β-unsaturated/α-hetero) is 1. The SMILES string of the molecule is C=C(C)C(C)(F)CCOC(OC(=O)C12CC3CC(C1)C(=O)C(C3)C2)(C(=O)O[I-]C)C(F)(F)F. The van der Waals surface area contributed by atoms with Crippen molar-refractivity contribution in [3.63, 3.8) is 0 Å². The number of allylic oxidation sites excluding steroid dienone is 1. The predicted octanol–water partition coefficient (Wildman–Crippen LogP) is 1.07. The molecule has 0 aromatic carbocycles. The van der Waals surface area contributed by atoms with Crippen LogP contribution in [-0.4, -0.2) is 46.9 Å². The van der Waals surface area contributed by atoms with E-state index in [-0.39, 0.29) is 42.0 Å². The van der Waals surface area contributed by atoms with Gasteiger partial charge in [0.05, 0.1) is 0 Å². The van der Waals surface area contributed by atoms with E-state index in [1.807, 2.05) is 0 Å². The van der Waals surface area contributed by atoms with E-state index in [0.717, 1.165) is 6.92 Å². The van der Waals surface area contributed by atoms with Crippen molar-refractivity contribution < 1.29 is 66.1 Å². The van der Waals surface area contributed by atoms with Gasteiger partial charge < -0.3 is 0 Å². The Kier molecular flexibility index (Phi) is 7.26. The van der Waals surface area contributed by atoms with Gasteiger partial charge in [-0.3, -0.25) is 0 Å². The third kappa shape index (κ3) is 4.81. The summed E-state index contributed by atoms with van der Waals surface area (Å²) in [6.45, 7) is 5.09. The Morgan fingerprint density at radius 2 is 1.73 bits per heavy atom. The topological polar surface area (TPSA) is 78.9 Å². The number of rotatable bonds is 9. The number of carbonyl (C=O) groups excluding carboxylic acids is 3. The van der Waals surface area contributed by atoms with Gasteiger partial charge in [-0.25, -0.2) is 0 Å². The van der Waals surface area contributed by atoms with E-state index in [9.17, 15) is 31.9 Å². The van der Waals surface area contributed by atoms with Gasteiger partial charge in [-0.15, -0.1) is 0 Å². The summed E-state index contributed by atoms with van der Waals surface area (Å²) in [7, 11) is 0. The molecule has 4 unspecified atom stereocenters. The molecule has 33 heavy (non-hydrogen) atoms. The minimum absolute atomic E-state index is 0.0462. The van der Waals surface area contributed by atoms with Crippen LogP contribution >= 0.6 is 0 Å². The summed E-state index contributed by atoms with van der Waals surface area (Å²) in [5, 5.41) is 0. The third-order valence-corrected chi connectivity index (χ3v) is 8.06. The van der Waals surface area contributed by atoms with Gasteiger partial charge >= 0.3 is 201 Å². The van der Waals surface area contributed by atoms with Crippen LogP contribution in [0.25, 0.3) is 0 Å². The van der Waals surface area contributed by atoms with E-state index in [1.54, 1.807) is 0 Å². The molecule has 0 amide bonds. The molecular weight excluding hydrogens is 563 g/mol. The Bertz CT molecular complexity index is 823. The molecule has 0 N–H and O–H groups in total. The van der Waals surface area contributed by atoms with E-state index in [0.29, 0.717) is 19.3 Å². The zero-order valence-electron chi connectivity index (χ0n) is 18.7. The first-order valence-electron chi connectivity index (χ1n) is 10.7. The molecule has 4 aliphatic carbocycles. The fourth-order valence-corrected chi connectivity index (χ4v) is 6.03. The Hall–Kier alpha value is -1.24. The minimum atomic E-state index is -5.47. The molecule has 0 aliphatic heterocycles. The monoisotopic (exact) mass is 591 g/mol. The number of halogens is 5. The van der Waals surface area contributed by atoms with Gasteiger partial charge in [0, 0.05) is 0 Å². The van der Waals surface area contributed by atoms with Crippen molar-refractivity contribution in [3.05, 3.63) is 12.2 Å². The molecule has 4 atom stereocenters. The summed E-state index contributed by atoms with van der Waals surface area (Å²) in [5.41, 5.74) is -3.26. The van der Waals surface area contributed by atoms with Crippen LogP contribution < -0.4 is 21.6 Å². The molecule has 0 heterocycles. The first-order chi connectivity index (χ1) is 15.2. The normalized spacial score (nSPS) is 32.2. The number of esters is 1. The Morgan fingerprint density at radius 1 is 1.15 bits per heavy atom. The van der Waals surface area contributed by atoms with Crippen LogP contribution in [0, 0.1) is 23.2 Å². The zero-order chi connectivity index (χ0) is 24.8. The fourth-order valence-electron chi connectivity index (χ4n) is 5.34. The summed E-state index contributed by atoms with van der Waals surface area (Å²) < 4.78 is 71.8. The van der Waals surface area contributed by atoms with Crippen molar-refractivity contribution in [2.24, 2.45) is 23.2 Å². The Morgan fingerprint density at radius 3 is 2.21 bits per heavy atom. The van der Waals surface area contributed by atoms with Crippen molar-refractivity contribution in [2.75, 3.05) is 11.5 Å². The summed E-state index contributed by atoms with van der Waals surface area (Å²) in [6.07, 6.45) is -4.29. The van der Waals surface area contributed by atoms with Crippen molar-refractivity contribution in [1.82, 2.24) is 0 Å². The molecule has 0 saturated heterocycles. The van der Waals surface area contributed by atoms with E-state index < -0.39 is 69.6 Å². The Balaban J connectivity index is 1.89. The standard InChI is InChI=1S/C22H28F4IO6/c1-12(2)19(3,23)5-6-31-21(22(24,25)26,18(30)33-27-4)32-17(29)20-9-13-7-14(10-20)16(28)15(8-13)11-20/h13-15H,1,5-11H2,2-4H3/q-1. The molecule has 0 radical (unpaired) electrons. The number of alkyl halides is 5. The summed E-state index contributed by atoms with van der Waals surface area (Å²) >= 11 is -1.41. The molecule has 4 bridgehead atoms. The fraction of sp³-hybridized carbons (Fsp3) is 0.773. The van der Waals surface area contributed by atoms with Crippen LogP contribution in [0.15, 0.2) is 12.2 Å². The molecule has 188 valence electrons. The first kappa shape index (κ1) is 26.4. The van der Waals surface area contributed by atoms with E-state index >= 15 is 0 Å². The van der Waals surface area contributed by atoms with Crippen LogP contribution in [0.1, 0.15) is 52.4 Å². The maximum absolute atomic E-state index is 14.5. The summed E-state index contributed by atoms with van der Waals surface area (Å²) in [4.78, 5) is 39.6. The number of ether oxygens (including phenoxy) is 2. The van der Waals surface area contributed by atoms with Gasteiger partial charge in [-0.05, 0) is 0 Å². The second kappa shape index (κ2) is 9.09. The zero-order valence-corrected chi connectivity index (χ0v) is 20.9. The first-order valence-corrected chi connectivity index (χ1v) is 13.7. The van der Waals surface area contributed by atoms with E-state index in [1.165, 1.54) is 11.9 Å². The molecule has 0 aromatic heterocycles. The average molecular weight is 591 g/mol. The third-order valence-electron chi connectivity index (χ3n) is 7.22. The number of carbonyl (C=O) groups is 3. The van der Waals surface area contributed by atoms with Crippen LogP contribution in [0.5, 0.6) is 0 Å². The van der Waals surface area contributed by atoms with Crippen LogP contribution in [-0.2, 0) is 26.9 Å². The Labute approximate surface area is 200 Å². The second-order valence-corrected chi connectivity index (χ2v) is 10.9. The second-order valence-electron chi connectivity index (χ2n) is 9.63. The molecule has 4 rings (SSSR count). The molecule has 4 saturated carbocycles. The van der Waals surface area contributed by atoms with E-state index in [4.69, 9.17) is 9.47 Å². The molecule has 11 heteroatoms. The number of ketones is 1. The number of hydrogen-bond acceptors (Lipinski definition) is 6. The van der Waals surface area contributed by atoms with Crippen LogP contribution in [0.4, 0.5) is 17.6 Å². The molecule has 6 nitrogen and oxygen atoms in total. The van der Waals surface area contributed by atoms with Gasteiger partial charge in [0.15, 0.2) is 0 Å². The van der Waals surface area contributed by atoms with Crippen molar-refractivity contribution in [1.29, 1.82) is 0 Å². The summed E-state index contributed by atoms with van der Waals surface area (Å²) in [5.74, 6) is -7.79. The van der Waals surface area contributed by atoms with Crippen molar-refractivity contribution in [2.45, 2.75) is 70.0 Å². The maximum atomic E-state index is 14.5.